The largest absolute Gasteiger partial charge is 0.348 e. The Balaban J connectivity index is 1.98. The molecule has 3 N–H and O–H groups in total. The minimum absolute atomic E-state index is 0.0482. The number of hydrogen-bond donors (Lipinski definition) is 2. The van der Waals surface area contributed by atoms with Crippen molar-refractivity contribution in [1.29, 1.82) is 0 Å². The highest BCUT2D eigenvalue weighted by Gasteiger charge is 2.17. The van der Waals surface area contributed by atoms with Gasteiger partial charge in [-0.05, 0) is 38.3 Å². The highest BCUT2D eigenvalue weighted by atomic mass is 16.2. The fraction of sp³-hybridized carbons (Fsp3) is 0.316. The number of rotatable bonds is 5. The van der Waals surface area contributed by atoms with Gasteiger partial charge in [0.15, 0.2) is 0 Å². The van der Waals surface area contributed by atoms with Crippen LogP contribution in [-0.2, 0) is 11.2 Å². The first-order chi connectivity index (χ1) is 10.5. The molecule has 0 radical (unpaired) electrons. The Kier molecular flexibility index (Phi) is 5.34. The molecule has 0 bridgehead atoms. The van der Waals surface area contributed by atoms with Crippen molar-refractivity contribution in [2.75, 3.05) is 0 Å². The molecule has 3 nitrogen and oxygen atoms in total. The predicted molar refractivity (Wildman–Crippen MR) is 90.6 cm³/mol. The zero-order valence-corrected chi connectivity index (χ0v) is 13.5. The summed E-state index contributed by atoms with van der Waals surface area (Å²) < 4.78 is 0. The monoisotopic (exact) mass is 296 g/mol. The van der Waals surface area contributed by atoms with E-state index >= 15 is 0 Å². The molecule has 0 aromatic heterocycles. The first kappa shape index (κ1) is 16.2. The maximum absolute atomic E-state index is 12.3. The number of nitrogens with one attached hydrogen (secondary N) is 1. The summed E-state index contributed by atoms with van der Waals surface area (Å²) >= 11 is 0. The van der Waals surface area contributed by atoms with Gasteiger partial charge >= 0.3 is 0 Å². The summed E-state index contributed by atoms with van der Waals surface area (Å²) in [5, 5.41) is 3.01. The number of carbonyl (C=O) groups is 1. The SMILES string of the molecule is Cc1cc(C)cc(C(C)NC(=O)[C@@H](N)Cc2ccccc2)c1. The highest BCUT2D eigenvalue weighted by molar-refractivity contribution is 5.82. The van der Waals surface area contributed by atoms with Crippen molar-refractivity contribution < 1.29 is 4.79 Å². The minimum Gasteiger partial charge on any atom is -0.348 e. The number of carbonyl (C=O) groups excluding carboxylic acids is 1. The number of benzene rings is 2. The normalized spacial score (nSPS) is 13.5. The van der Waals surface area contributed by atoms with Gasteiger partial charge in [0.2, 0.25) is 5.91 Å². The van der Waals surface area contributed by atoms with E-state index in [0.717, 1.165) is 11.1 Å². The van der Waals surface area contributed by atoms with Crippen LogP contribution in [0.2, 0.25) is 0 Å². The number of nitrogens with two attached hydrogens (primary N) is 1. The summed E-state index contributed by atoms with van der Waals surface area (Å²) in [6.45, 7) is 6.11. The quantitative estimate of drug-likeness (QED) is 0.891. The fourth-order valence-corrected chi connectivity index (χ4v) is 2.62. The van der Waals surface area contributed by atoms with Gasteiger partial charge in [-0.3, -0.25) is 4.79 Å². The molecule has 0 saturated carbocycles. The summed E-state index contributed by atoms with van der Waals surface area (Å²) in [7, 11) is 0. The van der Waals surface area contributed by atoms with E-state index in [-0.39, 0.29) is 11.9 Å². The van der Waals surface area contributed by atoms with Crippen molar-refractivity contribution in [3.8, 4) is 0 Å². The maximum Gasteiger partial charge on any atom is 0.237 e. The summed E-state index contributed by atoms with van der Waals surface area (Å²) in [5.74, 6) is -0.115. The molecule has 1 unspecified atom stereocenters. The number of amides is 1. The minimum atomic E-state index is -0.532. The van der Waals surface area contributed by atoms with Crippen LogP contribution < -0.4 is 11.1 Å². The molecule has 22 heavy (non-hydrogen) atoms. The molecule has 0 heterocycles. The lowest BCUT2D eigenvalue weighted by Crippen LogP contribution is -2.43. The summed E-state index contributed by atoms with van der Waals surface area (Å²) in [6.07, 6.45) is 0.548. The van der Waals surface area contributed by atoms with E-state index in [2.05, 4.69) is 37.4 Å². The van der Waals surface area contributed by atoms with Crippen molar-refractivity contribution in [3.63, 3.8) is 0 Å². The topological polar surface area (TPSA) is 55.1 Å². The van der Waals surface area contributed by atoms with Gasteiger partial charge in [-0.25, -0.2) is 0 Å². The zero-order valence-electron chi connectivity index (χ0n) is 13.5. The summed E-state index contributed by atoms with van der Waals surface area (Å²) in [6, 6.07) is 15.6. The van der Waals surface area contributed by atoms with Crippen LogP contribution in [0.25, 0.3) is 0 Å². The van der Waals surface area contributed by atoms with E-state index in [0.29, 0.717) is 6.42 Å². The molecule has 0 spiro atoms. The maximum atomic E-state index is 12.3. The van der Waals surface area contributed by atoms with Crippen molar-refractivity contribution in [2.24, 2.45) is 5.73 Å². The smallest absolute Gasteiger partial charge is 0.237 e. The first-order valence-electron chi connectivity index (χ1n) is 7.64. The Labute approximate surface area is 132 Å². The molecule has 0 aliphatic carbocycles. The lowest BCUT2D eigenvalue weighted by Gasteiger charge is -2.19. The van der Waals surface area contributed by atoms with E-state index < -0.39 is 6.04 Å². The molecule has 0 aliphatic rings. The predicted octanol–water partition coefficient (Wildman–Crippen LogP) is 3.05. The molecule has 0 saturated heterocycles. The molecular weight excluding hydrogens is 272 g/mol. The second-order valence-corrected chi connectivity index (χ2v) is 5.95. The Morgan fingerprint density at radius 1 is 1.09 bits per heavy atom. The van der Waals surface area contributed by atoms with Gasteiger partial charge in [0.05, 0.1) is 12.1 Å². The van der Waals surface area contributed by atoms with Crippen LogP contribution in [0.4, 0.5) is 0 Å². The average Bonchev–Trinajstić information content (AvgIpc) is 2.47. The van der Waals surface area contributed by atoms with Crippen LogP contribution in [0.5, 0.6) is 0 Å². The van der Waals surface area contributed by atoms with Gasteiger partial charge in [0.25, 0.3) is 0 Å². The molecule has 0 fully saturated rings. The van der Waals surface area contributed by atoms with Crippen molar-refractivity contribution in [2.45, 2.75) is 39.3 Å². The third-order valence-corrected chi connectivity index (χ3v) is 3.74. The van der Waals surface area contributed by atoms with Gasteiger partial charge in [0, 0.05) is 0 Å². The second kappa shape index (κ2) is 7.23. The van der Waals surface area contributed by atoms with E-state index in [1.807, 2.05) is 37.3 Å². The summed E-state index contributed by atoms with van der Waals surface area (Å²) in [4.78, 5) is 12.3. The van der Waals surface area contributed by atoms with E-state index in [1.54, 1.807) is 0 Å². The molecule has 1 amide bonds. The number of aryl methyl sites for hydroxylation is 2. The van der Waals surface area contributed by atoms with Crippen LogP contribution in [0.1, 0.15) is 35.2 Å². The molecule has 3 heteroatoms. The van der Waals surface area contributed by atoms with Gasteiger partial charge in [-0.15, -0.1) is 0 Å². The molecule has 2 aromatic rings. The van der Waals surface area contributed by atoms with Crippen molar-refractivity contribution in [3.05, 3.63) is 70.8 Å². The van der Waals surface area contributed by atoms with Gasteiger partial charge in [-0.2, -0.15) is 0 Å². The lowest BCUT2D eigenvalue weighted by atomic mass is 10.0. The van der Waals surface area contributed by atoms with Crippen LogP contribution in [0.3, 0.4) is 0 Å². The summed E-state index contributed by atoms with van der Waals surface area (Å²) in [5.41, 5.74) is 10.6. The Morgan fingerprint density at radius 3 is 2.27 bits per heavy atom. The Bertz CT molecular complexity index is 617. The highest BCUT2D eigenvalue weighted by Crippen LogP contribution is 2.16. The van der Waals surface area contributed by atoms with Gasteiger partial charge in [0.1, 0.15) is 0 Å². The van der Waals surface area contributed by atoms with E-state index in [4.69, 9.17) is 5.73 Å². The van der Waals surface area contributed by atoms with Crippen molar-refractivity contribution >= 4 is 5.91 Å². The van der Waals surface area contributed by atoms with Gasteiger partial charge < -0.3 is 11.1 Å². The lowest BCUT2D eigenvalue weighted by molar-refractivity contribution is -0.123. The molecule has 116 valence electrons. The van der Waals surface area contributed by atoms with Crippen molar-refractivity contribution in [1.82, 2.24) is 5.32 Å². The molecule has 2 atom stereocenters. The van der Waals surface area contributed by atoms with E-state index in [1.165, 1.54) is 11.1 Å². The second-order valence-electron chi connectivity index (χ2n) is 5.95. The third kappa shape index (κ3) is 4.43. The molecule has 2 aromatic carbocycles. The molecular formula is C19H24N2O. The molecule has 2 rings (SSSR count). The van der Waals surface area contributed by atoms with Crippen LogP contribution in [0, 0.1) is 13.8 Å². The Morgan fingerprint density at radius 2 is 1.68 bits per heavy atom. The average molecular weight is 296 g/mol. The third-order valence-electron chi connectivity index (χ3n) is 3.74. The van der Waals surface area contributed by atoms with Crippen LogP contribution in [0.15, 0.2) is 48.5 Å². The standard InChI is InChI=1S/C19H24N2O/c1-13-9-14(2)11-17(10-13)15(3)21-19(22)18(20)12-16-7-5-4-6-8-16/h4-11,15,18H,12,20H2,1-3H3,(H,21,22)/t15?,18-/m0/s1. The fourth-order valence-electron chi connectivity index (χ4n) is 2.62. The molecule has 0 aliphatic heterocycles. The van der Waals surface area contributed by atoms with Gasteiger partial charge in [-0.1, -0.05) is 59.7 Å². The first-order valence-corrected chi connectivity index (χ1v) is 7.64. The number of hydrogen-bond acceptors (Lipinski definition) is 2. The van der Waals surface area contributed by atoms with E-state index in [9.17, 15) is 4.79 Å². The Hall–Kier alpha value is -2.13. The van der Waals surface area contributed by atoms with Crippen LogP contribution in [-0.4, -0.2) is 11.9 Å². The van der Waals surface area contributed by atoms with Crippen LogP contribution >= 0.6 is 0 Å². The zero-order chi connectivity index (χ0) is 16.1.